The van der Waals surface area contributed by atoms with Gasteiger partial charge in [-0.2, -0.15) is 0 Å². The van der Waals surface area contributed by atoms with Gasteiger partial charge in [-0.15, -0.1) is 0 Å². The largest absolute Gasteiger partial charge is 0.417 e. The normalized spacial score (nSPS) is 14.2. The number of hydrogen-bond donors (Lipinski definition) is 2. The molecule has 0 aliphatic carbocycles. The van der Waals surface area contributed by atoms with Crippen molar-refractivity contribution in [3.8, 4) is 0 Å². The standard InChI is InChI=1S/C14H21N3O2/c1-14(2,15)8-11(17(3)4)9-5-6-10-12(7-9)19-13(18)16-10/h5-7,11H,8,15H2,1-4H3,(H,16,18). The minimum absolute atomic E-state index is 0.185. The Morgan fingerprint density at radius 2 is 2.11 bits per heavy atom. The summed E-state index contributed by atoms with van der Waals surface area (Å²) in [6.45, 7) is 4.02. The van der Waals surface area contributed by atoms with Crippen molar-refractivity contribution in [3.63, 3.8) is 0 Å². The molecular formula is C14H21N3O2. The van der Waals surface area contributed by atoms with E-state index in [1.807, 2.05) is 46.1 Å². The second-order valence-corrected chi connectivity index (χ2v) is 5.94. The van der Waals surface area contributed by atoms with Gasteiger partial charge in [-0.1, -0.05) is 6.07 Å². The van der Waals surface area contributed by atoms with Gasteiger partial charge in [0.2, 0.25) is 0 Å². The summed E-state index contributed by atoms with van der Waals surface area (Å²) in [5.41, 5.74) is 8.26. The van der Waals surface area contributed by atoms with E-state index >= 15 is 0 Å². The molecule has 0 aliphatic heterocycles. The van der Waals surface area contributed by atoms with E-state index in [0.717, 1.165) is 17.5 Å². The average Bonchev–Trinajstić information content (AvgIpc) is 2.63. The zero-order chi connectivity index (χ0) is 14.2. The molecule has 0 saturated heterocycles. The summed E-state index contributed by atoms with van der Waals surface area (Å²) in [6.07, 6.45) is 0.820. The maximum absolute atomic E-state index is 11.2. The minimum atomic E-state index is -0.423. The number of rotatable bonds is 4. The highest BCUT2D eigenvalue weighted by atomic mass is 16.4. The SMILES string of the molecule is CN(C)C(CC(C)(C)N)c1ccc2[nH]c(=O)oc2c1. The van der Waals surface area contributed by atoms with Crippen molar-refractivity contribution < 1.29 is 4.42 Å². The maximum Gasteiger partial charge on any atom is 0.417 e. The van der Waals surface area contributed by atoms with Crippen molar-refractivity contribution >= 4 is 11.1 Å². The summed E-state index contributed by atoms with van der Waals surface area (Å²) in [5.74, 6) is -0.423. The first-order valence-corrected chi connectivity index (χ1v) is 6.34. The van der Waals surface area contributed by atoms with Gasteiger partial charge in [-0.05, 0) is 52.1 Å². The van der Waals surface area contributed by atoms with Crippen molar-refractivity contribution in [2.45, 2.75) is 31.8 Å². The molecule has 1 aromatic carbocycles. The fraction of sp³-hybridized carbons (Fsp3) is 0.500. The van der Waals surface area contributed by atoms with Crippen LogP contribution in [0.15, 0.2) is 27.4 Å². The van der Waals surface area contributed by atoms with Crippen LogP contribution >= 0.6 is 0 Å². The minimum Gasteiger partial charge on any atom is -0.408 e. The molecule has 1 aromatic heterocycles. The van der Waals surface area contributed by atoms with Gasteiger partial charge in [0.15, 0.2) is 5.58 Å². The van der Waals surface area contributed by atoms with Gasteiger partial charge in [0, 0.05) is 11.6 Å². The molecule has 2 rings (SSSR count). The fourth-order valence-corrected chi connectivity index (χ4v) is 2.27. The molecule has 0 fully saturated rings. The van der Waals surface area contributed by atoms with E-state index in [4.69, 9.17) is 10.2 Å². The molecule has 5 heteroatoms. The van der Waals surface area contributed by atoms with Gasteiger partial charge in [-0.25, -0.2) is 4.79 Å². The molecule has 3 N–H and O–H groups in total. The maximum atomic E-state index is 11.2. The molecule has 0 aliphatic rings. The van der Waals surface area contributed by atoms with Crippen LogP contribution in [0.4, 0.5) is 0 Å². The van der Waals surface area contributed by atoms with E-state index in [2.05, 4.69) is 9.88 Å². The van der Waals surface area contributed by atoms with Crippen LogP contribution in [-0.2, 0) is 0 Å². The monoisotopic (exact) mass is 263 g/mol. The molecule has 0 amide bonds. The summed E-state index contributed by atoms with van der Waals surface area (Å²) in [5, 5.41) is 0. The third-order valence-electron chi connectivity index (χ3n) is 3.17. The number of nitrogens with one attached hydrogen (secondary N) is 1. The lowest BCUT2D eigenvalue weighted by molar-refractivity contribution is 0.243. The molecule has 1 heterocycles. The number of aromatic nitrogens is 1. The van der Waals surface area contributed by atoms with Gasteiger partial charge in [0.25, 0.3) is 0 Å². The van der Waals surface area contributed by atoms with E-state index in [1.165, 1.54) is 0 Å². The first kappa shape index (κ1) is 13.8. The third-order valence-corrected chi connectivity index (χ3v) is 3.17. The van der Waals surface area contributed by atoms with Crippen LogP contribution in [0.25, 0.3) is 11.1 Å². The van der Waals surface area contributed by atoms with Gasteiger partial charge in [-0.3, -0.25) is 4.98 Å². The second-order valence-electron chi connectivity index (χ2n) is 5.94. The zero-order valence-corrected chi connectivity index (χ0v) is 11.9. The molecule has 1 unspecified atom stereocenters. The summed E-state index contributed by atoms with van der Waals surface area (Å²) >= 11 is 0. The Balaban J connectivity index is 2.41. The summed E-state index contributed by atoms with van der Waals surface area (Å²) in [6, 6.07) is 5.97. The lowest BCUT2D eigenvalue weighted by Crippen LogP contribution is -2.37. The van der Waals surface area contributed by atoms with Crippen LogP contribution in [0, 0.1) is 0 Å². The van der Waals surface area contributed by atoms with Crippen molar-refractivity contribution in [2.75, 3.05) is 14.1 Å². The molecule has 1 atom stereocenters. The predicted molar refractivity (Wildman–Crippen MR) is 76.1 cm³/mol. The number of H-pyrrole nitrogens is 1. The Morgan fingerprint density at radius 3 is 2.68 bits per heavy atom. The lowest BCUT2D eigenvalue weighted by atomic mass is 9.91. The number of hydrogen-bond acceptors (Lipinski definition) is 4. The Bertz CT molecular complexity index is 619. The molecule has 5 nitrogen and oxygen atoms in total. The lowest BCUT2D eigenvalue weighted by Gasteiger charge is -2.31. The van der Waals surface area contributed by atoms with E-state index in [0.29, 0.717) is 5.58 Å². The molecule has 0 radical (unpaired) electrons. The van der Waals surface area contributed by atoms with Crippen LogP contribution in [0.3, 0.4) is 0 Å². The van der Waals surface area contributed by atoms with Crippen LogP contribution in [-0.4, -0.2) is 29.5 Å². The summed E-state index contributed by atoms with van der Waals surface area (Å²) < 4.78 is 5.11. The van der Waals surface area contributed by atoms with Gasteiger partial charge in [0.1, 0.15) is 0 Å². The Kier molecular flexibility index (Phi) is 3.52. The fourth-order valence-electron chi connectivity index (χ4n) is 2.27. The van der Waals surface area contributed by atoms with E-state index < -0.39 is 5.76 Å². The smallest absolute Gasteiger partial charge is 0.408 e. The highest BCUT2D eigenvalue weighted by Crippen LogP contribution is 2.28. The molecule has 0 spiro atoms. The number of fused-ring (bicyclic) bond motifs is 1. The van der Waals surface area contributed by atoms with E-state index in [-0.39, 0.29) is 11.6 Å². The summed E-state index contributed by atoms with van der Waals surface area (Å²) in [7, 11) is 4.04. The van der Waals surface area contributed by atoms with Gasteiger partial charge < -0.3 is 15.1 Å². The average molecular weight is 263 g/mol. The number of benzene rings is 1. The Morgan fingerprint density at radius 1 is 1.42 bits per heavy atom. The molecule has 0 bridgehead atoms. The number of nitrogens with zero attached hydrogens (tertiary/aromatic N) is 1. The summed E-state index contributed by atoms with van der Waals surface area (Å²) in [4.78, 5) is 15.9. The topological polar surface area (TPSA) is 75.3 Å². The van der Waals surface area contributed by atoms with Crippen molar-refractivity contribution in [1.29, 1.82) is 0 Å². The van der Waals surface area contributed by atoms with Crippen molar-refractivity contribution in [1.82, 2.24) is 9.88 Å². The number of nitrogens with two attached hydrogens (primary N) is 1. The van der Waals surface area contributed by atoms with Crippen LogP contribution in [0.2, 0.25) is 0 Å². The van der Waals surface area contributed by atoms with Crippen LogP contribution in [0.1, 0.15) is 31.9 Å². The third kappa shape index (κ3) is 3.24. The number of oxazole rings is 1. The van der Waals surface area contributed by atoms with E-state index in [9.17, 15) is 4.79 Å². The molecular weight excluding hydrogens is 242 g/mol. The van der Waals surface area contributed by atoms with Gasteiger partial charge >= 0.3 is 5.76 Å². The van der Waals surface area contributed by atoms with Gasteiger partial charge in [0.05, 0.1) is 5.52 Å². The van der Waals surface area contributed by atoms with Crippen LogP contribution < -0.4 is 11.5 Å². The first-order chi connectivity index (χ1) is 8.76. The zero-order valence-electron chi connectivity index (χ0n) is 11.9. The molecule has 2 aromatic rings. The molecule has 0 saturated carbocycles. The van der Waals surface area contributed by atoms with E-state index in [1.54, 1.807) is 0 Å². The van der Waals surface area contributed by atoms with Crippen LogP contribution in [0.5, 0.6) is 0 Å². The van der Waals surface area contributed by atoms with Crippen molar-refractivity contribution in [2.24, 2.45) is 5.73 Å². The highest BCUT2D eigenvalue weighted by molar-refractivity contribution is 5.72. The second kappa shape index (κ2) is 4.83. The molecule has 104 valence electrons. The predicted octanol–water partition coefficient (Wildman–Crippen LogP) is 1.85. The van der Waals surface area contributed by atoms with Crippen molar-refractivity contribution in [3.05, 3.63) is 34.3 Å². The Hall–Kier alpha value is -1.59. The first-order valence-electron chi connectivity index (χ1n) is 6.34. The quantitative estimate of drug-likeness (QED) is 0.882. The number of aromatic amines is 1. The Labute approximate surface area is 112 Å². The molecule has 19 heavy (non-hydrogen) atoms. The highest BCUT2D eigenvalue weighted by Gasteiger charge is 2.22.